The Kier molecular flexibility index (Phi) is 19.2. The second-order valence-corrected chi connectivity index (χ2v) is 13.7. The van der Waals surface area contributed by atoms with Crippen LogP contribution in [0.3, 0.4) is 0 Å². The van der Waals surface area contributed by atoms with Crippen LogP contribution in [-0.4, -0.2) is 34.2 Å². The van der Waals surface area contributed by atoms with Crippen LogP contribution in [0.1, 0.15) is 117 Å². The Morgan fingerprint density at radius 1 is 1.17 bits per heavy atom. The highest BCUT2D eigenvalue weighted by Gasteiger charge is 2.20. The van der Waals surface area contributed by atoms with Gasteiger partial charge in [0.05, 0.1) is 20.7 Å². The highest BCUT2D eigenvalue weighted by Crippen LogP contribution is 2.39. The number of hydrogen-bond donors (Lipinski definition) is 2. The molecule has 236 valence electrons. The van der Waals surface area contributed by atoms with Crippen LogP contribution in [0.15, 0.2) is 46.6 Å². The number of Topliss-reactive ketones (excluding diaryl/α,β-unsaturated/α-hetero) is 1. The molecule has 1 fully saturated rings. The number of nitrogens with zero attached hydrogens (tertiary/aromatic N) is 2. The molecule has 6 nitrogen and oxygen atoms in total. The summed E-state index contributed by atoms with van der Waals surface area (Å²) < 4.78 is 12.5. The minimum Gasteiger partial charge on any atom is -0.333 e. The van der Waals surface area contributed by atoms with Crippen LogP contribution in [0.25, 0.3) is 10.4 Å². The summed E-state index contributed by atoms with van der Waals surface area (Å²) in [6, 6.07) is 5.98. The largest absolute Gasteiger partial charge is 0.333 e. The van der Waals surface area contributed by atoms with Gasteiger partial charge >= 0.3 is 0 Å². The average Bonchev–Trinajstić information content (AvgIpc) is 3.47. The van der Waals surface area contributed by atoms with Gasteiger partial charge in [-0.25, -0.2) is 4.98 Å². The molecule has 0 amide bonds. The summed E-state index contributed by atoms with van der Waals surface area (Å²) in [7, 11) is 0.623. The molecule has 2 atom stereocenters. The zero-order chi connectivity index (χ0) is 31.5. The smallest absolute Gasteiger partial charge is 0.199 e. The van der Waals surface area contributed by atoms with Crippen molar-refractivity contribution in [2.45, 2.75) is 117 Å². The molecule has 2 aromatic rings. The van der Waals surface area contributed by atoms with Gasteiger partial charge in [0.25, 0.3) is 0 Å². The zero-order valence-corrected chi connectivity index (χ0v) is 29.2. The maximum atomic E-state index is 12.5. The zero-order valence-electron chi connectivity index (χ0n) is 27.6. The number of allylic oxidation sites excluding steroid dienone is 1. The molecule has 1 aliphatic carbocycles. The second-order valence-electron chi connectivity index (χ2n) is 11.3. The van der Waals surface area contributed by atoms with Gasteiger partial charge < -0.3 is 15.4 Å². The van der Waals surface area contributed by atoms with Crippen LogP contribution >= 0.6 is 11.3 Å². The van der Waals surface area contributed by atoms with E-state index in [1.54, 1.807) is 31.6 Å². The molecular weight excluding hydrogens is 561 g/mol. The maximum absolute atomic E-state index is 12.5. The number of guanidine groups is 1. The molecule has 0 aliphatic heterocycles. The number of nitrogens with one attached hydrogen (secondary N) is 2. The summed E-state index contributed by atoms with van der Waals surface area (Å²) in [6.07, 6.45) is 18.0. The first-order valence-electron chi connectivity index (χ1n) is 15.7. The average molecular weight is 617 g/mol. The normalized spacial score (nSPS) is 15.3. The molecule has 42 heavy (non-hydrogen) atoms. The number of aromatic nitrogens is 1. The van der Waals surface area contributed by atoms with Crippen LogP contribution in [0.4, 0.5) is 5.69 Å². The predicted octanol–water partition coefficient (Wildman–Crippen LogP) is 9.57. The van der Waals surface area contributed by atoms with Crippen LogP contribution < -0.4 is 10.6 Å². The molecular formula is C34H56N4O2S2. The molecule has 1 aliphatic rings. The molecule has 1 saturated carbocycles. The fraction of sp³-hybridized carbons (Fsp3) is 0.618. The molecule has 0 bridgehead atoms. The van der Waals surface area contributed by atoms with Crippen LogP contribution in [0, 0.1) is 11.8 Å². The van der Waals surface area contributed by atoms with E-state index < -0.39 is 10.8 Å². The van der Waals surface area contributed by atoms with Crippen molar-refractivity contribution in [1.82, 2.24) is 10.3 Å². The minimum atomic E-state index is -1.11. The summed E-state index contributed by atoms with van der Waals surface area (Å²) in [5, 5.41) is 7.61. The first-order chi connectivity index (χ1) is 20.1. The van der Waals surface area contributed by atoms with Crippen LogP contribution in [0.2, 0.25) is 0 Å². The standard InChI is InChI=1S/C22H30N4OS2.C7H16.C5H10O/c1-4-5-13-24-22(23-2)26-17-11-12-18(20(14-17)29(3)27)19-15-25-21(28-19)16-9-7-6-8-10-16;1-5-7(4)6(2)3;1-3-4-5(2)6/h5,11-16H,4,6-10H2,1-3H3,(H2,23,24,26);6-7H,5H2,1-4H3;3-4H2,1-2H3/b13-5+;;. The monoisotopic (exact) mass is 616 g/mol. The summed E-state index contributed by atoms with van der Waals surface area (Å²) in [5.74, 6) is 3.29. The Balaban J connectivity index is 0.000000566. The summed E-state index contributed by atoms with van der Waals surface area (Å²) in [6.45, 7) is 14.8. The highest BCUT2D eigenvalue weighted by molar-refractivity contribution is 7.84. The quantitative estimate of drug-likeness (QED) is 0.205. The van der Waals surface area contributed by atoms with E-state index >= 15 is 0 Å². The third-order valence-corrected chi connectivity index (χ3v) is 9.63. The molecule has 0 spiro atoms. The van der Waals surface area contributed by atoms with E-state index in [0.717, 1.165) is 52.1 Å². The lowest BCUT2D eigenvalue weighted by atomic mass is 9.90. The predicted molar refractivity (Wildman–Crippen MR) is 185 cm³/mol. The van der Waals surface area contributed by atoms with Crippen molar-refractivity contribution in [2.24, 2.45) is 16.8 Å². The topological polar surface area (TPSA) is 83.4 Å². The van der Waals surface area contributed by atoms with E-state index in [1.807, 2.05) is 43.6 Å². The molecule has 1 aromatic heterocycles. The Labute approximate surface area is 262 Å². The number of anilines is 1. The van der Waals surface area contributed by atoms with E-state index in [0.29, 0.717) is 11.9 Å². The molecule has 2 N–H and O–H groups in total. The number of hydrogen-bond acceptors (Lipinski definition) is 5. The van der Waals surface area contributed by atoms with Gasteiger partial charge in [0.1, 0.15) is 5.78 Å². The molecule has 2 unspecified atom stereocenters. The fourth-order valence-electron chi connectivity index (χ4n) is 4.36. The van der Waals surface area contributed by atoms with E-state index in [1.165, 1.54) is 43.5 Å². The number of benzene rings is 1. The van der Waals surface area contributed by atoms with Gasteiger partial charge in [-0.3, -0.25) is 9.20 Å². The van der Waals surface area contributed by atoms with Crippen molar-refractivity contribution in [3.05, 3.63) is 41.7 Å². The van der Waals surface area contributed by atoms with Crippen LogP contribution in [0.5, 0.6) is 0 Å². The van der Waals surface area contributed by atoms with Gasteiger partial charge in [-0.15, -0.1) is 11.3 Å². The first-order valence-corrected chi connectivity index (χ1v) is 18.0. The first kappa shape index (κ1) is 37.7. The van der Waals surface area contributed by atoms with E-state index in [4.69, 9.17) is 4.98 Å². The summed E-state index contributed by atoms with van der Waals surface area (Å²) in [4.78, 5) is 20.9. The van der Waals surface area contributed by atoms with Gasteiger partial charge in [-0.2, -0.15) is 0 Å². The van der Waals surface area contributed by atoms with Crippen molar-refractivity contribution in [1.29, 1.82) is 0 Å². The van der Waals surface area contributed by atoms with Crippen molar-refractivity contribution in [3.8, 4) is 10.4 Å². The SMILES string of the molecule is CC/C=C/NC(=NC)Nc1ccc(-c2cnc(C3CCCCC3)s2)c(S(C)=O)c1.CCC(C)C(C)C.CCCC(C)=O. The molecule has 1 aromatic carbocycles. The fourth-order valence-corrected chi connectivity index (χ4v) is 6.34. The second kappa shape index (κ2) is 21.4. The third kappa shape index (κ3) is 14.2. The third-order valence-electron chi connectivity index (χ3n) is 7.48. The highest BCUT2D eigenvalue weighted by atomic mass is 32.2. The summed E-state index contributed by atoms with van der Waals surface area (Å²) >= 11 is 1.75. The Morgan fingerprint density at radius 3 is 2.33 bits per heavy atom. The van der Waals surface area contributed by atoms with Crippen LogP contribution in [-0.2, 0) is 15.6 Å². The Morgan fingerprint density at radius 2 is 1.86 bits per heavy atom. The maximum Gasteiger partial charge on any atom is 0.199 e. The number of rotatable bonds is 10. The van der Waals surface area contributed by atoms with Crippen molar-refractivity contribution in [2.75, 3.05) is 18.6 Å². The minimum absolute atomic E-state index is 0.289. The van der Waals surface area contributed by atoms with Gasteiger partial charge in [0.2, 0.25) is 0 Å². The molecule has 0 saturated heterocycles. The lowest BCUT2D eigenvalue weighted by Gasteiger charge is -2.18. The lowest BCUT2D eigenvalue weighted by molar-refractivity contribution is -0.117. The number of carbonyl (C=O) groups is 1. The van der Waals surface area contributed by atoms with Gasteiger partial charge in [0.15, 0.2) is 5.96 Å². The van der Waals surface area contributed by atoms with Crippen molar-refractivity contribution in [3.63, 3.8) is 0 Å². The molecule has 0 radical (unpaired) electrons. The molecule has 1 heterocycles. The number of ketones is 1. The van der Waals surface area contributed by atoms with E-state index in [-0.39, 0.29) is 5.78 Å². The molecule has 8 heteroatoms. The van der Waals surface area contributed by atoms with Gasteiger partial charge in [0, 0.05) is 48.0 Å². The Hall–Kier alpha value is -2.32. The van der Waals surface area contributed by atoms with Gasteiger partial charge in [-0.05, 0) is 62.8 Å². The Bertz CT molecular complexity index is 1130. The van der Waals surface area contributed by atoms with Crippen molar-refractivity contribution >= 4 is 39.6 Å². The number of aliphatic imine (C=N–C) groups is 1. The molecule has 3 rings (SSSR count). The summed E-state index contributed by atoms with van der Waals surface area (Å²) in [5.41, 5.74) is 1.86. The van der Waals surface area contributed by atoms with Crippen molar-refractivity contribution < 1.29 is 9.00 Å². The lowest BCUT2D eigenvalue weighted by Crippen LogP contribution is -2.26. The number of carbonyl (C=O) groups excluding carboxylic acids is 1. The van der Waals surface area contributed by atoms with E-state index in [9.17, 15) is 9.00 Å². The van der Waals surface area contributed by atoms with Gasteiger partial charge in [-0.1, -0.05) is 79.4 Å². The van der Waals surface area contributed by atoms with E-state index in [2.05, 4.69) is 50.2 Å². The number of thiazole rings is 1.